The molecule has 2 aromatic rings. The molecule has 3 amide bonds. The van der Waals surface area contributed by atoms with Crippen LogP contribution in [0.2, 0.25) is 0 Å². The topological polar surface area (TPSA) is 187 Å². The van der Waals surface area contributed by atoms with E-state index in [2.05, 4.69) is 15.6 Å². The van der Waals surface area contributed by atoms with Crippen LogP contribution >= 0.6 is 0 Å². The second-order valence-corrected chi connectivity index (χ2v) is 12.4. The number of nitrogens with one attached hydrogen (secondary N) is 2. The highest BCUT2D eigenvalue weighted by atomic mass is 16.6. The number of aliphatic hydroxyl groups is 1. The molecule has 5 atom stereocenters. The summed E-state index contributed by atoms with van der Waals surface area (Å²) >= 11 is 0. The number of allylic oxidation sites excluding steroid dienone is 2. The predicted octanol–water partition coefficient (Wildman–Crippen LogP) is 3.77. The van der Waals surface area contributed by atoms with Crippen molar-refractivity contribution in [3.63, 3.8) is 0 Å². The largest absolute Gasteiger partial charge is 0.497 e. The molecule has 2 aliphatic heterocycles. The maximum absolute atomic E-state index is 13.7. The van der Waals surface area contributed by atoms with Crippen molar-refractivity contribution >= 4 is 35.3 Å². The third-order valence-corrected chi connectivity index (χ3v) is 8.27. The normalized spacial score (nSPS) is 25.6. The molecule has 0 aliphatic carbocycles. The van der Waals surface area contributed by atoms with Crippen LogP contribution in [0.15, 0.2) is 70.9 Å². The van der Waals surface area contributed by atoms with Crippen LogP contribution in [0.25, 0.3) is 0 Å². The van der Waals surface area contributed by atoms with E-state index in [1.807, 2.05) is 0 Å². The second-order valence-electron chi connectivity index (χ2n) is 12.4. The Morgan fingerprint density at radius 2 is 1.94 bits per heavy atom. The highest BCUT2D eigenvalue weighted by molar-refractivity contribution is 5.95. The first-order valence-electron chi connectivity index (χ1n) is 16.5. The van der Waals surface area contributed by atoms with Crippen LogP contribution < -0.4 is 15.4 Å². The number of esters is 1. The van der Waals surface area contributed by atoms with Crippen molar-refractivity contribution < 1.29 is 47.7 Å². The number of benzene rings is 1. The smallest absolute Gasteiger partial charge is 0.411 e. The molecule has 3 heterocycles. The molecule has 50 heavy (non-hydrogen) atoms. The molecule has 0 saturated carbocycles. The third kappa shape index (κ3) is 10.9. The third-order valence-electron chi connectivity index (χ3n) is 8.27. The summed E-state index contributed by atoms with van der Waals surface area (Å²) in [7, 11) is 1.54. The first kappa shape index (κ1) is 37.6. The van der Waals surface area contributed by atoms with Gasteiger partial charge < -0.3 is 34.0 Å². The van der Waals surface area contributed by atoms with E-state index < -0.39 is 48.1 Å². The first-order valence-corrected chi connectivity index (χ1v) is 16.5. The van der Waals surface area contributed by atoms with Crippen molar-refractivity contribution in [3.8, 4) is 5.75 Å². The van der Waals surface area contributed by atoms with E-state index in [0.29, 0.717) is 29.9 Å². The maximum atomic E-state index is 13.7. The first-order chi connectivity index (χ1) is 23.9. The number of ketones is 1. The minimum absolute atomic E-state index is 0.0177. The number of fused-ring (bicyclic) bond motifs is 3. The number of cyclic esters (lactones) is 1. The number of carbonyl (C=O) groups excluding carboxylic acids is 5. The Morgan fingerprint density at radius 1 is 1.18 bits per heavy atom. The number of anilines is 1. The lowest BCUT2D eigenvalue weighted by atomic mass is 9.93. The van der Waals surface area contributed by atoms with Crippen LogP contribution in [-0.2, 0) is 30.3 Å². The summed E-state index contributed by atoms with van der Waals surface area (Å²) in [5, 5.41) is 15.7. The van der Waals surface area contributed by atoms with Crippen LogP contribution in [-0.4, -0.2) is 89.7 Å². The summed E-state index contributed by atoms with van der Waals surface area (Å²) in [5.74, 6) is -2.32. The molecule has 0 spiro atoms. The fourth-order valence-electron chi connectivity index (χ4n) is 5.68. The van der Waals surface area contributed by atoms with Gasteiger partial charge in [0.25, 0.3) is 5.91 Å². The zero-order chi connectivity index (χ0) is 36.2. The van der Waals surface area contributed by atoms with Gasteiger partial charge in [0.05, 0.1) is 26.2 Å². The Labute approximate surface area is 290 Å². The molecular weight excluding hydrogens is 648 g/mol. The Balaban J connectivity index is 1.53. The summed E-state index contributed by atoms with van der Waals surface area (Å²) in [6, 6.07) is 5.78. The van der Waals surface area contributed by atoms with E-state index in [1.165, 1.54) is 24.2 Å². The second kappa shape index (κ2) is 18.0. The molecule has 1 aromatic carbocycles. The SMILES string of the molecule is COc1ccc(NC(=O)OCC(C)C2OC(=O)C3CCCN3C(=O)c3coc(n3)CC(=O)CC(O)/C=C(C)/C=C/CNC(=O)/C=C/C2C)cc1. The average molecular weight is 693 g/mol. The van der Waals surface area contributed by atoms with Gasteiger partial charge in [-0.05, 0) is 50.1 Å². The highest BCUT2D eigenvalue weighted by Crippen LogP contribution is 2.26. The molecule has 4 rings (SSSR count). The Hall–Kier alpha value is -5.24. The van der Waals surface area contributed by atoms with Crippen molar-refractivity contribution in [2.75, 3.05) is 32.1 Å². The van der Waals surface area contributed by atoms with E-state index in [-0.39, 0.29) is 55.8 Å². The van der Waals surface area contributed by atoms with Gasteiger partial charge in [0.2, 0.25) is 11.8 Å². The molecule has 1 saturated heterocycles. The number of methoxy groups -OCH3 is 1. The minimum Gasteiger partial charge on any atom is -0.497 e. The summed E-state index contributed by atoms with van der Waals surface area (Å²) in [4.78, 5) is 70.4. The molecule has 1 fully saturated rings. The molecule has 14 heteroatoms. The number of rotatable bonds is 5. The van der Waals surface area contributed by atoms with E-state index in [1.54, 1.807) is 63.3 Å². The number of amides is 3. The number of ether oxygens (including phenoxy) is 3. The molecule has 2 bridgehead atoms. The van der Waals surface area contributed by atoms with Crippen molar-refractivity contribution in [2.45, 2.75) is 64.7 Å². The highest BCUT2D eigenvalue weighted by Gasteiger charge is 2.39. The number of aromatic nitrogens is 1. The molecule has 2 aliphatic rings. The molecule has 0 radical (unpaired) electrons. The van der Waals surface area contributed by atoms with Gasteiger partial charge >= 0.3 is 12.1 Å². The summed E-state index contributed by atoms with van der Waals surface area (Å²) in [6.07, 6.45) is 6.88. The summed E-state index contributed by atoms with van der Waals surface area (Å²) in [6.45, 7) is 5.62. The van der Waals surface area contributed by atoms with E-state index in [9.17, 15) is 29.1 Å². The van der Waals surface area contributed by atoms with Crippen LogP contribution in [0.5, 0.6) is 5.75 Å². The van der Waals surface area contributed by atoms with Gasteiger partial charge in [0, 0.05) is 37.0 Å². The number of hydrogen-bond acceptors (Lipinski definition) is 11. The van der Waals surface area contributed by atoms with Crippen molar-refractivity contribution in [1.29, 1.82) is 0 Å². The van der Waals surface area contributed by atoms with Crippen LogP contribution in [0, 0.1) is 11.8 Å². The van der Waals surface area contributed by atoms with Gasteiger partial charge in [-0.25, -0.2) is 14.6 Å². The summed E-state index contributed by atoms with van der Waals surface area (Å²) in [5.41, 5.74) is 1.12. The van der Waals surface area contributed by atoms with Gasteiger partial charge in [-0.15, -0.1) is 0 Å². The molecule has 1 aromatic heterocycles. The zero-order valence-electron chi connectivity index (χ0n) is 28.6. The van der Waals surface area contributed by atoms with Gasteiger partial charge in [-0.3, -0.25) is 19.7 Å². The van der Waals surface area contributed by atoms with Gasteiger partial charge in [0.1, 0.15) is 29.9 Å². The fraction of sp³-hybridized carbons (Fsp3) is 0.444. The van der Waals surface area contributed by atoms with Crippen LogP contribution in [0.1, 0.15) is 56.4 Å². The molecule has 5 unspecified atom stereocenters. The number of oxazole rings is 1. The molecule has 14 nitrogen and oxygen atoms in total. The van der Waals surface area contributed by atoms with Crippen molar-refractivity contribution in [2.24, 2.45) is 11.8 Å². The molecule has 268 valence electrons. The standard InChI is InChI=1S/C36H44N4O10/c1-22-7-5-15-37-31(43)14-9-23(2)33(24(3)20-49-36(46)38-25-10-12-28(47-4)13-11-25)50-35(45)30-8-6-16-40(30)34(44)29-21-48-32(39-29)19-27(42)18-26(41)17-22/h5,7,9-14,17,21,23-24,26,30,33,41H,6,8,15-16,18-20H2,1-4H3,(H,37,43)(H,38,46)/b7-5+,14-9+,22-17+. The molecular formula is C36H44N4O10. The van der Waals surface area contributed by atoms with Gasteiger partial charge in [0.15, 0.2) is 5.69 Å². The number of carbonyl (C=O) groups is 5. The molecule has 3 N–H and O–H groups in total. The van der Waals surface area contributed by atoms with Crippen molar-refractivity contribution in [3.05, 3.63) is 78.1 Å². The van der Waals surface area contributed by atoms with Crippen LogP contribution in [0.4, 0.5) is 10.5 Å². The number of aliphatic hydroxyl groups excluding tert-OH is 1. The fourth-order valence-corrected chi connectivity index (χ4v) is 5.68. The summed E-state index contributed by atoms with van der Waals surface area (Å²) < 4.78 is 22.0. The van der Waals surface area contributed by atoms with E-state index in [4.69, 9.17) is 18.6 Å². The van der Waals surface area contributed by atoms with Gasteiger partial charge in [-0.2, -0.15) is 0 Å². The lowest BCUT2D eigenvalue weighted by molar-refractivity contribution is -0.159. The van der Waals surface area contributed by atoms with Crippen LogP contribution in [0.3, 0.4) is 0 Å². The number of Topliss-reactive ketones (excluding diaryl/α,β-unsaturated/α-hetero) is 1. The lowest BCUT2D eigenvalue weighted by Gasteiger charge is -2.30. The predicted molar refractivity (Wildman–Crippen MR) is 181 cm³/mol. The quantitative estimate of drug-likeness (QED) is 0.387. The Kier molecular flexibility index (Phi) is 13.5. The van der Waals surface area contributed by atoms with E-state index in [0.717, 1.165) is 6.26 Å². The monoisotopic (exact) mass is 692 g/mol. The van der Waals surface area contributed by atoms with Gasteiger partial charge in [-0.1, -0.05) is 43.7 Å². The number of hydrogen-bond donors (Lipinski definition) is 3. The lowest BCUT2D eigenvalue weighted by Crippen LogP contribution is -2.44. The van der Waals surface area contributed by atoms with Crippen molar-refractivity contribution in [1.82, 2.24) is 15.2 Å². The average Bonchev–Trinajstić information content (AvgIpc) is 3.77. The minimum atomic E-state index is -1.05. The zero-order valence-corrected chi connectivity index (χ0v) is 28.6. The number of nitrogens with zero attached hydrogens (tertiary/aromatic N) is 2. The Bertz CT molecular complexity index is 1610. The Morgan fingerprint density at radius 3 is 2.68 bits per heavy atom. The maximum Gasteiger partial charge on any atom is 0.411 e. The van der Waals surface area contributed by atoms with E-state index >= 15 is 0 Å².